The van der Waals surface area contributed by atoms with Gasteiger partial charge >= 0.3 is 17.1 Å². The van der Waals surface area contributed by atoms with Crippen molar-refractivity contribution in [2.75, 3.05) is 22.1 Å². The van der Waals surface area contributed by atoms with Crippen LogP contribution in [0, 0.1) is 0 Å². The van der Waals surface area contributed by atoms with Crippen LogP contribution in [0.15, 0.2) is 70.4 Å². The Hall–Kier alpha value is -10.4. The summed E-state index contributed by atoms with van der Waals surface area (Å²) in [6, 6.07) is 0.247. The highest BCUT2D eigenvalue weighted by Gasteiger charge is 2.38. The molecule has 0 aliphatic carbocycles. The van der Waals surface area contributed by atoms with Gasteiger partial charge in [-0.3, -0.25) is 63.8 Å². The largest absolute Gasteiger partial charge is 0.383 e. The van der Waals surface area contributed by atoms with Crippen LogP contribution in [-0.4, -0.2) is 142 Å². The number of H-pyrrole nitrogens is 6. The molecule has 0 spiro atoms. The van der Waals surface area contributed by atoms with Crippen LogP contribution < -0.4 is 61.2 Å². The van der Waals surface area contributed by atoms with Crippen LogP contribution in [0.3, 0.4) is 0 Å². The van der Waals surface area contributed by atoms with Gasteiger partial charge in [-0.2, -0.15) is 9.97 Å². The minimum Gasteiger partial charge on any atom is -0.383 e. The number of nitrogen functional groups attached to an aromatic ring is 3. The molecule has 0 saturated heterocycles. The van der Waals surface area contributed by atoms with Gasteiger partial charge in [-0.05, 0) is 96.9 Å². The van der Waals surface area contributed by atoms with E-state index in [2.05, 4.69) is 120 Å². The van der Waals surface area contributed by atoms with Gasteiger partial charge < -0.3 is 45.7 Å². The van der Waals surface area contributed by atoms with Crippen molar-refractivity contribution in [2.24, 2.45) is 9.98 Å². The van der Waals surface area contributed by atoms with E-state index in [-0.39, 0.29) is 82.5 Å². The van der Waals surface area contributed by atoms with E-state index in [4.69, 9.17) is 17.2 Å². The molecule has 34 nitrogen and oxygen atoms in total. The molecule has 3 aliphatic heterocycles. The number of aromatic nitrogens is 18. The molecule has 9 aromatic rings. The van der Waals surface area contributed by atoms with E-state index in [0.717, 1.165) is 5.65 Å². The van der Waals surface area contributed by atoms with Gasteiger partial charge in [-0.25, -0.2) is 49.3 Å². The number of amides is 2. The topological polar surface area (TPSA) is 475 Å². The van der Waals surface area contributed by atoms with Crippen molar-refractivity contribution in [3.63, 3.8) is 0 Å². The Bertz CT molecular complexity index is 4360. The number of anilines is 4. The van der Waals surface area contributed by atoms with Gasteiger partial charge in [0.05, 0.1) is 50.0 Å². The summed E-state index contributed by atoms with van der Waals surface area (Å²) in [7, 11) is 0. The molecule has 34 heteroatoms. The fourth-order valence-electron chi connectivity index (χ4n) is 8.73. The molecule has 2 amide bonds. The predicted octanol–water partition coefficient (Wildman–Crippen LogP) is 0.849. The van der Waals surface area contributed by atoms with Gasteiger partial charge in [-0.15, -0.1) is 0 Å². The van der Waals surface area contributed by atoms with E-state index in [1.807, 2.05) is 76.3 Å². The van der Waals surface area contributed by atoms with Crippen LogP contribution in [0.25, 0.3) is 44.7 Å². The van der Waals surface area contributed by atoms with Crippen molar-refractivity contribution in [2.45, 2.75) is 151 Å². The van der Waals surface area contributed by atoms with Crippen LogP contribution in [0.2, 0.25) is 0 Å². The number of imidazole rings is 4. The highest BCUT2D eigenvalue weighted by molar-refractivity contribution is 6.00. The van der Waals surface area contributed by atoms with E-state index in [9.17, 15) is 38.4 Å². The maximum atomic E-state index is 11.6. The predicted molar refractivity (Wildman–Crippen MR) is 320 cm³/mol. The summed E-state index contributed by atoms with van der Waals surface area (Å²) in [5.74, 6) is 0.909. The molecule has 452 valence electrons. The first-order valence-corrected chi connectivity index (χ1v) is 26.7. The third-order valence-corrected chi connectivity index (χ3v) is 12.9. The van der Waals surface area contributed by atoms with Crippen molar-refractivity contribution in [3.8, 4) is 0 Å². The van der Waals surface area contributed by atoms with Gasteiger partial charge in [0.1, 0.15) is 34.6 Å². The van der Waals surface area contributed by atoms with Crippen molar-refractivity contribution in [1.82, 2.24) is 98.3 Å². The van der Waals surface area contributed by atoms with Gasteiger partial charge in [-0.1, -0.05) is 0 Å². The van der Waals surface area contributed by atoms with Crippen LogP contribution in [-0.2, 0) is 27.1 Å². The lowest BCUT2D eigenvalue weighted by Crippen LogP contribution is -2.49. The second-order valence-electron chi connectivity index (χ2n) is 22.6. The second-order valence-corrected chi connectivity index (χ2v) is 22.6. The van der Waals surface area contributed by atoms with Crippen molar-refractivity contribution < 1.29 is 9.59 Å². The number of hydrogen-bond donors (Lipinski definition) is 10. The first-order chi connectivity index (χ1) is 39.8. The van der Waals surface area contributed by atoms with Crippen LogP contribution in [0.1, 0.15) is 115 Å². The highest BCUT2D eigenvalue weighted by Crippen LogP contribution is 2.26. The van der Waals surface area contributed by atoms with E-state index < -0.39 is 28.2 Å². The van der Waals surface area contributed by atoms with Gasteiger partial charge in [0.25, 0.3) is 22.6 Å². The van der Waals surface area contributed by atoms with Crippen molar-refractivity contribution in [3.05, 3.63) is 99.7 Å². The fraction of sp³-hybridized carbons (Fsp3) is 0.451. The highest BCUT2D eigenvalue weighted by atomic mass is 16.2. The SMILES string of the molecule is CC(C)(C)n1cnc2c(N)[nH]c(=O)nc21.CC(C)(C)n1cnc2c(N)ncnc21.CC(C)N1C(=O)Cc2c1[nH]c(=O)[nH]c2=O.CC(C)N1C=NC2C(=O)NC=NC21.CC(C)n1cnc2c(=O)[nH]c(=O)[nH]c21.CC(C)n1cnc2c(=O)[nH]c(N)nc21. The minimum absolute atomic E-state index is 0.0461. The second kappa shape index (κ2) is 24.6. The zero-order chi connectivity index (χ0) is 62.7. The lowest BCUT2D eigenvalue weighted by molar-refractivity contribution is -0.122. The zero-order valence-electron chi connectivity index (χ0n) is 49.4. The Kier molecular flexibility index (Phi) is 18.0. The first-order valence-electron chi connectivity index (χ1n) is 26.7. The zero-order valence-corrected chi connectivity index (χ0v) is 49.4. The summed E-state index contributed by atoms with van der Waals surface area (Å²) in [6.07, 6.45) is 11.1. The van der Waals surface area contributed by atoms with Crippen molar-refractivity contribution in [1.29, 1.82) is 0 Å². The number of aromatic amines is 6. The van der Waals surface area contributed by atoms with Crippen molar-refractivity contribution >= 4 is 92.5 Å². The maximum absolute atomic E-state index is 11.6. The molecule has 3 aliphatic rings. The normalized spacial score (nSPS) is 15.3. The Balaban J connectivity index is 0.000000146. The number of nitrogens with two attached hydrogens (primary N) is 3. The molecule has 2 unspecified atom stereocenters. The summed E-state index contributed by atoms with van der Waals surface area (Å²) in [4.78, 5) is 148. The van der Waals surface area contributed by atoms with E-state index >= 15 is 0 Å². The number of carbonyl (C=O) groups is 2. The molecule has 12 heterocycles. The molecule has 0 saturated carbocycles. The molecule has 2 atom stereocenters. The molecule has 13 N–H and O–H groups in total. The summed E-state index contributed by atoms with van der Waals surface area (Å²) in [5.41, 5.74) is 18.2. The van der Waals surface area contributed by atoms with Crippen LogP contribution in [0.5, 0.6) is 0 Å². The molecule has 0 bridgehead atoms. The number of fused-ring (bicyclic) bond motifs is 6. The van der Waals surface area contributed by atoms with Gasteiger partial charge in [0.2, 0.25) is 11.9 Å². The van der Waals surface area contributed by atoms with Crippen LogP contribution >= 0.6 is 0 Å². The Morgan fingerprint density at radius 2 is 1.13 bits per heavy atom. The van der Waals surface area contributed by atoms with E-state index in [1.165, 1.54) is 17.6 Å². The third kappa shape index (κ3) is 13.6. The lowest BCUT2D eigenvalue weighted by atomic mass is 10.1. The summed E-state index contributed by atoms with van der Waals surface area (Å²) in [6.45, 7) is 27.9. The summed E-state index contributed by atoms with van der Waals surface area (Å²) in [5, 5.41) is 2.54. The molecule has 0 aromatic carbocycles. The smallest absolute Gasteiger partial charge is 0.348 e. The first kappa shape index (κ1) is 62.2. The number of aliphatic imine (C=N–C) groups is 2. The van der Waals surface area contributed by atoms with E-state index in [1.54, 1.807) is 40.8 Å². The number of carbonyl (C=O) groups excluding carboxylic acids is 2. The Morgan fingerprint density at radius 1 is 0.553 bits per heavy atom. The van der Waals surface area contributed by atoms with Gasteiger partial charge in [0, 0.05) is 35.2 Å². The molecule has 9 aromatic heterocycles. The molecule has 12 rings (SSSR count). The number of nitrogens with zero attached hydrogens (tertiary/aromatic N) is 16. The standard InChI is InChI=1S/C9H13N5O.C9H13N5.C9H11N3O3.C8H11N5O.C8H10N4O2.C8H12N4O/c1-9(2,3)14-4-11-5-6(10)12-8(15)13-7(5)14;1-9(2,3)14-5-13-6-7(10)11-4-12-8(6)14;1-4(2)12-6(13)3-5-7(12)10-9(15)11-8(5)14;1-4(2)13-3-10-5-6(13)11-8(9)12-7(5)14;1-4(2)12-3-9-5-6(12)10-8(14)11-7(5)13;1-5(2)12-4-11-6-7(12)9-3-10-8(6)13/h4H,1-3H3,(H3,10,12,13,15);4-5H,1-3H3,(H2,10,11,12);4H,3H2,1-2H3,(H2,10,11,14,15);3-4H,1-2H3,(H3,9,11,12,14);3-4H,1-2H3,(H2,10,11,13,14);3-7H,1-2H3,(H,9,10,13). The number of hydrogen-bond acceptors (Lipinski definition) is 22. The average molecular weight is 1180 g/mol. The third-order valence-electron chi connectivity index (χ3n) is 12.9. The monoisotopic (exact) mass is 1170 g/mol. The lowest BCUT2D eigenvalue weighted by Gasteiger charge is -2.29. The van der Waals surface area contributed by atoms with Crippen LogP contribution in [0.4, 0.5) is 23.4 Å². The molecular formula is C51H70N26O8. The quantitative estimate of drug-likeness (QED) is 0.117. The molecule has 0 fully saturated rings. The Labute approximate surface area is 481 Å². The summed E-state index contributed by atoms with van der Waals surface area (Å²) < 4.78 is 7.36. The molecule has 85 heavy (non-hydrogen) atoms. The Morgan fingerprint density at radius 3 is 1.75 bits per heavy atom. The maximum Gasteiger partial charge on any atom is 0.348 e. The number of nitrogens with one attached hydrogen (secondary N) is 7. The fourth-order valence-corrected chi connectivity index (χ4v) is 8.73. The average Bonchev–Trinajstić information content (AvgIpc) is 2.87. The van der Waals surface area contributed by atoms with Gasteiger partial charge in [0.15, 0.2) is 46.0 Å². The molecule has 0 radical (unpaired) electrons. The van der Waals surface area contributed by atoms with E-state index in [0.29, 0.717) is 56.7 Å². The molecular weight excluding hydrogens is 1100 g/mol. The summed E-state index contributed by atoms with van der Waals surface area (Å²) >= 11 is 0. The minimum atomic E-state index is -0.584. The number of rotatable bonds is 4.